The van der Waals surface area contributed by atoms with Gasteiger partial charge in [-0.15, -0.1) is 0 Å². The number of rotatable bonds is 9. The smallest absolute Gasteiger partial charge is 0.229 e. The minimum atomic E-state index is -2.69. The highest BCUT2D eigenvalue weighted by Gasteiger charge is 2.27. The van der Waals surface area contributed by atoms with Gasteiger partial charge in [-0.25, -0.2) is 4.98 Å². The molecule has 3 N–H and O–H groups in total. The van der Waals surface area contributed by atoms with Crippen molar-refractivity contribution in [3.63, 3.8) is 0 Å². The molecular weight excluding hydrogens is 615 g/mol. The summed E-state index contributed by atoms with van der Waals surface area (Å²) >= 11 is 3.60. The van der Waals surface area contributed by atoms with Gasteiger partial charge in [0.25, 0.3) is 0 Å². The Hall–Kier alpha value is -3.04. The Labute approximate surface area is 254 Å². The molecule has 3 heterocycles. The van der Waals surface area contributed by atoms with Crippen LogP contribution >= 0.6 is 23.1 Å². The fourth-order valence-corrected chi connectivity index (χ4v) is 7.27. The van der Waals surface area contributed by atoms with Gasteiger partial charge in [0.2, 0.25) is 5.95 Å². The van der Waals surface area contributed by atoms with Gasteiger partial charge in [-0.05, 0) is 78.4 Å². The average Bonchev–Trinajstić information content (AvgIpc) is 3.84. The highest BCUT2D eigenvalue weighted by atomic mass is 79.9. The third kappa shape index (κ3) is 6.04. The standard InChI is InChI=1S/C31H36BrN6O3P/c1-5-18-14-21(28-17-33-12-13-41-28)27(40-2)15-26(18)37-31-34-16-22(32)30(38-31)36-25-11-10-24-20(29(25)42(3,4)39)8-9-23(35-24)19-6-7-19/h8-11,14-16,19,28,33H,5-7,12-13,17H2,1-4H3,(H2,34,36,37,38). The predicted molar refractivity (Wildman–Crippen MR) is 173 cm³/mol. The number of anilines is 4. The van der Waals surface area contributed by atoms with Gasteiger partial charge in [-0.3, -0.25) is 4.98 Å². The summed E-state index contributed by atoms with van der Waals surface area (Å²) in [6, 6.07) is 12.2. The molecular formula is C31H36BrN6O3P. The minimum absolute atomic E-state index is 0.0625. The number of pyridine rings is 1. The minimum Gasteiger partial charge on any atom is -0.496 e. The zero-order valence-electron chi connectivity index (χ0n) is 24.3. The maximum atomic E-state index is 13.6. The van der Waals surface area contributed by atoms with E-state index in [1.165, 1.54) is 12.8 Å². The zero-order chi connectivity index (χ0) is 29.4. The first kappa shape index (κ1) is 29.1. The van der Waals surface area contributed by atoms with Crippen molar-refractivity contribution in [1.82, 2.24) is 20.3 Å². The molecule has 0 amide bonds. The number of fused-ring (bicyclic) bond motifs is 1. The third-order valence-electron chi connectivity index (χ3n) is 7.75. The molecule has 0 radical (unpaired) electrons. The third-order valence-corrected chi connectivity index (χ3v) is 9.89. The fourth-order valence-electron chi connectivity index (χ4n) is 5.50. The van der Waals surface area contributed by atoms with Crippen molar-refractivity contribution in [1.29, 1.82) is 0 Å². The number of hydrogen-bond acceptors (Lipinski definition) is 9. The molecule has 220 valence electrons. The average molecular weight is 652 g/mol. The number of aromatic nitrogens is 3. The topological polar surface area (TPSA) is 110 Å². The van der Waals surface area contributed by atoms with Crippen LogP contribution in [0.3, 0.4) is 0 Å². The van der Waals surface area contributed by atoms with Crippen molar-refractivity contribution < 1.29 is 14.0 Å². The second kappa shape index (κ2) is 11.9. The molecule has 2 fully saturated rings. The lowest BCUT2D eigenvalue weighted by molar-refractivity contribution is 0.0262. The first-order chi connectivity index (χ1) is 20.2. The van der Waals surface area contributed by atoms with Crippen molar-refractivity contribution in [3.05, 3.63) is 63.9 Å². The predicted octanol–water partition coefficient (Wildman–Crippen LogP) is 6.63. The number of nitrogens with zero attached hydrogens (tertiary/aromatic N) is 3. The molecule has 0 spiro atoms. The van der Waals surface area contributed by atoms with Crippen LogP contribution < -0.4 is 26.0 Å². The maximum absolute atomic E-state index is 13.6. The Morgan fingerprint density at radius 1 is 1.12 bits per heavy atom. The fraction of sp³-hybridized carbons (Fsp3) is 0.387. The Morgan fingerprint density at radius 2 is 1.95 bits per heavy atom. The molecule has 1 unspecified atom stereocenters. The highest BCUT2D eigenvalue weighted by molar-refractivity contribution is 9.10. The van der Waals surface area contributed by atoms with Gasteiger partial charge in [0.15, 0.2) is 0 Å². The van der Waals surface area contributed by atoms with E-state index >= 15 is 0 Å². The summed E-state index contributed by atoms with van der Waals surface area (Å²) in [6.45, 7) is 7.96. The Kier molecular flexibility index (Phi) is 8.24. The molecule has 2 aromatic carbocycles. The van der Waals surface area contributed by atoms with Crippen LogP contribution in [-0.4, -0.2) is 55.1 Å². The van der Waals surface area contributed by atoms with E-state index in [2.05, 4.69) is 62.0 Å². The molecule has 42 heavy (non-hydrogen) atoms. The maximum Gasteiger partial charge on any atom is 0.229 e. The van der Waals surface area contributed by atoms with Crippen LogP contribution in [0, 0.1) is 0 Å². The van der Waals surface area contributed by atoms with E-state index in [-0.39, 0.29) is 6.10 Å². The van der Waals surface area contributed by atoms with E-state index in [9.17, 15) is 4.57 Å². The lowest BCUT2D eigenvalue weighted by Crippen LogP contribution is -2.33. The van der Waals surface area contributed by atoms with E-state index in [0.29, 0.717) is 28.8 Å². The van der Waals surface area contributed by atoms with Crippen molar-refractivity contribution >= 4 is 62.4 Å². The molecule has 1 aliphatic carbocycles. The van der Waals surface area contributed by atoms with Gasteiger partial charge < -0.3 is 30.0 Å². The van der Waals surface area contributed by atoms with Gasteiger partial charge in [0.05, 0.1) is 35.5 Å². The number of morpholine rings is 1. The van der Waals surface area contributed by atoms with Crippen molar-refractivity contribution in [2.45, 2.75) is 38.2 Å². The first-order valence-corrected chi connectivity index (χ1v) is 17.7. The zero-order valence-corrected chi connectivity index (χ0v) is 26.8. The lowest BCUT2D eigenvalue weighted by Gasteiger charge is -2.26. The molecule has 9 nitrogen and oxygen atoms in total. The SMILES string of the molecule is CCc1cc(C2CNCCO2)c(OC)cc1Nc1ncc(Br)c(Nc2ccc3nc(C4CC4)ccc3c2P(C)(C)=O)n1. The quantitative estimate of drug-likeness (QED) is 0.172. The molecule has 2 aliphatic rings. The summed E-state index contributed by atoms with van der Waals surface area (Å²) in [5.41, 5.74) is 5.72. The van der Waals surface area contributed by atoms with E-state index in [1.54, 1.807) is 26.6 Å². The lowest BCUT2D eigenvalue weighted by atomic mass is 10.0. The molecule has 2 aromatic heterocycles. The van der Waals surface area contributed by atoms with E-state index in [1.807, 2.05) is 18.2 Å². The number of benzene rings is 2. The normalized spacial score (nSPS) is 17.3. The van der Waals surface area contributed by atoms with Crippen LogP contribution in [0.1, 0.15) is 48.6 Å². The number of ether oxygens (including phenoxy) is 2. The van der Waals surface area contributed by atoms with Gasteiger partial charge in [0, 0.05) is 58.9 Å². The second-order valence-corrected chi connectivity index (χ2v) is 15.2. The second-order valence-electron chi connectivity index (χ2n) is 11.2. The number of aryl methyl sites for hydroxylation is 1. The van der Waals surface area contributed by atoms with Gasteiger partial charge in [0.1, 0.15) is 18.7 Å². The van der Waals surface area contributed by atoms with Crippen LogP contribution in [0.25, 0.3) is 10.9 Å². The number of hydrogen-bond donors (Lipinski definition) is 3. The molecule has 1 aliphatic heterocycles. The van der Waals surface area contributed by atoms with Gasteiger partial charge >= 0.3 is 0 Å². The van der Waals surface area contributed by atoms with Crippen molar-refractivity contribution in [3.8, 4) is 5.75 Å². The van der Waals surface area contributed by atoms with Gasteiger partial charge in [-0.1, -0.05) is 13.0 Å². The number of methoxy groups -OCH3 is 1. The molecule has 6 rings (SSSR count). The largest absolute Gasteiger partial charge is 0.496 e. The van der Waals surface area contributed by atoms with E-state index in [0.717, 1.165) is 69.7 Å². The summed E-state index contributed by atoms with van der Waals surface area (Å²) in [7, 11) is -1.01. The summed E-state index contributed by atoms with van der Waals surface area (Å²) in [4.78, 5) is 14.2. The van der Waals surface area contributed by atoms with Crippen LogP contribution in [0.2, 0.25) is 0 Å². The number of halogens is 1. The van der Waals surface area contributed by atoms with Crippen molar-refractivity contribution in [2.75, 3.05) is 50.8 Å². The molecule has 11 heteroatoms. The highest BCUT2D eigenvalue weighted by Crippen LogP contribution is 2.44. The van der Waals surface area contributed by atoms with Crippen LogP contribution in [0.5, 0.6) is 5.75 Å². The van der Waals surface area contributed by atoms with Crippen molar-refractivity contribution in [2.24, 2.45) is 0 Å². The summed E-state index contributed by atoms with van der Waals surface area (Å²) in [5, 5.41) is 11.9. The summed E-state index contributed by atoms with van der Waals surface area (Å²) in [6.07, 6.45) is 4.82. The monoisotopic (exact) mass is 650 g/mol. The molecule has 0 bridgehead atoms. The Bertz CT molecular complexity index is 1680. The van der Waals surface area contributed by atoms with Gasteiger partial charge in [-0.2, -0.15) is 4.98 Å². The molecule has 1 saturated carbocycles. The Balaban J connectivity index is 1.32. The summed E-state index contributed by atoms with van der Waals surface area (Å²) < 4.78 is 26.0. The molecule has 1 atom stereocenters. The Morgan fingerprint density at radius 3 is 2.64 bits per heavy atom. The molecule has 1 saturated heterocycles. The van der Waals surface area contributed by atoms with Crippen LogP contribution in [-0.2, 0) is 15.7 Å². The van der Waals surface area contributed by atoms with E-state index in [4.69, 9.17) is 19.4 Å². The first-order valence-electron chi connectivity index (χ1n) is 14.3. The number of nitrogens with one attached hydrogen (secondary N) is 3. The van der Waals surface area contributed by atoms with E-state index < -0.39 is 7.14 Å². The molecule has 4 aromatic rings. The van der Waals surface area contributed by atoms with Crippen LogP contribution in [0.15, 0.2) is 47.1 Å². The van der Waals surface area contributed by atoms with Crippen LogP contribution in [0.4, 0.5) is 23.1 Å². The summed E-state index contributed by atoms with van der Waals surface area (Å²) in [5.74, 6) is 2.29.